The Morgan fingerprint density at radius 1 is 0.875 bits per heavy atom. The molecule has 0 aromatic rings. The van der Waals surface area contributed by atoms with Crippen molar-refractivity contribution in [3.05, 3.63) is 24.3 Å². The van der Waals surface area contributed by atoms with Gasteiger partial charge in [-0.2, -0.15) is 0 Å². The van der Waals surface area contributed by atoms with Gasteiger partial charge >= 0.3 is 5.97 Å². The van der Waals surface area contributed by atoms with E-state index in [0.29, 0.717) is 18.6 Å². The van der Waals surface area contributed by atoms with E-state index in [-0.39, 0.29) is 5.97 Å². The molecular weight excluding hydrogens is 300 g/mol. The van der Waals surface area contributed by atoms with Crippen molar-refractivity contribution < 1.29 is 14.3 Å². The van der Waals surface area contributed by atoms with Crippen LogP contribution in [0.5, 0.6) is 0 Å². The molecule has 0 radical (unpaired) electrons. The maximum absolute atomic E-state index is 10.9. The summed E-state index contributed by atoms with van der Waals surface area (Å²) in [7, 11) is 1.44. The molecule has 1 heterocycles. The lowest BCUT2D eigenvalue weighted by Gasteiger charge is -1.97. The molecular formula is C21H36O3. The number of rotatable bonds is 15. The van der Waals surface area contributed by atoms with Crippen LogP contribution in [-0.4, -0.2) is 25.3 Å². The van der Waals surface area contributed by atoms with E-state index in [9.17, 15) is 4.79 Å². The van der Waals surface area contributed by atoms with E-state index in [1.165, 1.54) is 58.5 Å². The van der Waals surface area contributed by atoms with E-state index in [2.05, 4.69) is 36.0 Å². The Hall–Kier alpha value is -1.09. The molecule has 0 aromatic carbocycles. The molecule has 1 saturated heterocycles. The van der Waals surface area contributed by atoms with Crippen molar-refractivity contribution in [2.24, 2.45) is 0 Å². The first-order valence-corrected chi connectivity index (χ1v) is 9.80. The summed E-state index contributed by atoms with van der Waals surface area (Å²) in [5.74, 6) is -0.110. The quantitative estimate of drug-likeness (QED) is 0.166. The highest BCUT2D eigenvalue weighted by Crippen LogP contribution is 2.29. The fourth-order valence-corrected chi connectivity index (χ4v) is 2.86. The van der Waals surface area contributed by atoms with Crippen molar-refractivity contribution >= 4 is 5.97 Å². The average Bonchev–Trinajstić information content (AvgIpc) is 3.36. The van der Waals surface area contributed by atoms with Gasteiger partial charge in [-0.15, -0.1) is 0 Å². The van der Waals surface area contributed by atoms with E-state index in [1.54, 1.807) is 0 Å². The summed E-state index contributed by atoms with van der Waals surface area (Å²) in [4.78, 5) is 10.9. The van der Waals surface area contributed by atoms with Crippen LogP contribution in [-0.2, 0) is 14.3 Å². The maximum Gasteiger partial charge on any atom is 0.305 e. The number of hydrogen-bond donors (Lipinski definition) is 0. The molecule has 0 bridgehead atoms. The minimum absolute atomic E-state index is 0.110. The average molecular weight is 337 g/mol. The van der Waals surface area contributed by atoms with Gasteiger partial charge in [-0.3, -0.25) is 4.79 Å². The molecule has 0 aliphatic carbocycles. The number of unbranched alkanes of at least 4 members (excludes halogenated alkanes) is 6. The molecule has 0 N–H and O–H groups in total. The molecule has 2 unspecified atom stereocenters. The van der Waals surface area contributed by atoms with Crippen LogP contribution in [0.1, 0.15) is 84.0 Å². The van der Waals surface area contributed by atoms with Crippen molar-refractivity contribution in [3.63, 3.8) is 0 Å². The zero-order chi connectivity index (χ0) is 17.5. The molecule has 0 aromatic heterocycles. The van der Waals surface area contributed by atoms with Crippen molar-refractivity contribution in [1.82, 2.24) is 0 Å². The van der Waals surface area contributed by atoms with Gasteiger partial charge in [0.15, 0.2) is 0 Å². The smallest absolute Gasteiger partial charge is 0.305 e. The van der Waals surface area contributed by atoms with Crippen LogP contribution in [0, 0.1) is 0 Å². The second kappa shape index (κ2) is 14.3. The third kappa shape index (κ3) is 11.4. The van der Waals surface area contributed by atoms with Crippen LogP contribution in [0.3, 0.4) is 0 Å². The highest BCUT2D eigenvalue weighted by atomic mass is 16.6. The SMILES string of the molecule is CCC1OC1CCCCC=CCCCCC=CCCCC(=O)OC. The molecule has 1 fully saturated rings. The van der Waals surface area contributed by atoms with Crippen LogP contribution >= 0.6 is 0 Å². The lowest BCUT2D eigenvalue weighted by Crippen LogP contribution is -1.98. The summed E-state index contributed by atoms with van der Waals surface area (Å²) in [5, 5.41) is 0. The highest BCUT2D eigenvalue weighted by Gasteiger charge is 2.35. The summed E-state index contributed by atoms with van der Waals surface area (Å²) in [6.45, 7) is 2.20. The van der Waals surface area contributed by atoms with Crippen LogP contribution < -0.4 is 0 Å². The van der Waals surface area contributed by atoms with Crippen molar-refractivity contribution in [2.75, 3.05) is 7.11 Å². The molecule has 1 rings (SSSR count). The van der Waals surface area contributed by atoms with Gasteiger partial charge in [0, 0.05) is 6.42 Å². The van der Waals surface area contributed by atoms with Crippen molar-refractivity contribution in [3.8, 4) is 0 Å². The van der Waals surface area contributed by atoms with Gasteiger partial charge in [0.05, 0.1) is 19.3 Å². The Morgan fingerprint density at radius 3 is 1.92 bits per heavy atom. The molecule has 0 spiro atoms. The first-order chi connectivity index (χ1) is 11.8. The number of hydrogen-bond acceptors (Lipinski definition) is 3. The topological polar surface area (TPSA) is 38.8 Å². The monoisotopic (exact) mass is 336 g/mol. The minimum Gasteiger partial charge on any atom is -0.469 e. The summed E-state index contributed by atoms with van der Waals surface area (Å²) in [6, 6.07) is 0. The number of ether oxygens (including phenoxy) is 2. The van der Waals surface area contributed by atoms with Crippen LogP contribution in [0.25, 0.3) is 0 Å². The van der Waals surface area contributed by atoms with Crippen molar-refractivity contribution in [1.29, 1.82) is 0 Å². The van der Waals surface area contributed by atoms with E-state index in [1.807, 2.05) is 0 Å². The number of esters is 1. The largest absolute Gasteiger partial charge is 0.469 e. The van der Waals surface area contributed by atoms with E-state index in [0.717, 1.165) is 19.3 Å². The molecule has 1 aliphatic heterocycles. The Balaban J connectivity index is 1.77. The predicted molar refractivity (Wildman–Crippen MR) is 100 cm³/mol. The lowest BCUT2D eigenvalue weighted by molar-refractivity contribution is -0.140. The van der Waals surface area contributed by atoms with Gasteiger partial charge in [-0.1, -0.05) is 37.6 Å². The maximum atomic E-state index is 10.9. The molecule has 3 nitrogen and oxygen atoms in total. The molecule has 138 valence electrons. The summed E-state index contributed by atoms with van der Waals surface area (Å²) >= 11 is 0. The van der Waals surface area contributed by atoms with Gasteiger partial charge in [-0.25, -0.2) is 0 Å². The van der Waals surface area contributed by atoms with Gasteiger partial charge in [0.2, 0.25) is 0 Å². The summed E-state index contributed by atoms with van der Waals surface area (Å²) in [6.07, 6.45) is 23.7. The number of epoxide rings is 1. The number of carbonyl (C=O) groups is 1. The molecule has 2 atom stereocenters. The Kier molecular flexibility index (Phi) is 12.5. The molecule has 1 aliphatic rings. The first-order valence-electron chi connectivity index (χ1n) is 9.80. The van der Waals surface area contributed by atoms with Gasteiger partial charge < -0.3 is 9.47 Å². The number of methoxy groups -OCH3 is 1. The fourth-order valence-electron chi connectivity index (χ4n) is 2.86. The van der Waals surface area contributed by atoms with E-state index >= 15 is 0 Å². The third-order valence-corrected chi connectivity index (χ3v) is 4.50. The highest BCUT2D eigenvalue weighted by molar-refractivity contribution is 5.68. The molecule has 0 saturated carbocycles. The Bertz CT molecular complexity index is 373. The zero-order valence-electron chi connectivity index (χ0n) is 15.7. The van der Waals surface area contributed by atoms with Crippen LogP contribution in [0.2, 0.25) is 0 Å². The van der Waals surface area contributed by atoms with E-state index in [4.69, 9.17) is 4.74 Å². The van der Waals surface area contributed by atoms with Crippen molar-refractivity contribution in [2.45, 2.75) is 96.2 Å². The predicted octanol–water partition coefficient (Wildman–Crippen LogP) is 5.74. The number of allylic oxidation sites excluding steroid dienone is 4. The second-order valence-corrected chi connectivity index (χ2v) is 6.60. The van der Waals surface area contributed by atoms with Gasteiger partial charge in [0.1, 0.15) is 0 Å². The number of carbonyl (C=O) groups excluding carboxylic acids is 1. The Morgan fingerprint density at radius 2 is 1.42 bits per heavy atom. The van der Waals surface area contributed by atoms with Gasteiger partial charge in [0.25, 0.3) is 0 Å². The van der Waals surface area contributed by atoms with Gasteiger partial charge in [-0.05, 0) is 64.2 Å². The Labute approximate surface area is 148 Å². The second-order valence-electron chi connectivity index (χ2n) is 6.60. The molecule has 3 heteroatoms. The fraction of sp³-hybridized carbons (Fsp3) is 0.762. The van der Waals surface area contributed by atoms with E-state index < -0.39 is 0 Å². The normalized spacial score (nSPS) is 20.1. The first kappa shape index (κ1) is 21.0. The standard InChI is InChI=1S/C21H36O3/c1-3-19-20(24-19)17-15-13-11-9-7-5-4-6-8-10-12-14-16-18-21(22)23-2/h7,9-10,12,19-20H,3-6,8,11,13-18H2,1-2H3. The van der Waals surface area contributed by atoms with Crippen LogP contribution in [0.15, 0.2) is 24.3 Å². The lowest BCUT2D eigenvalue weighted by atomic mass is 10.1. The summed E-state index contributed by atoms with van der Waals surface area (Å²) in [5.41, 5.74) is 0. The molecule has 24 heavy (non-hydrogen) atoms. The zero-order valence-corrected chi connectivity index (χ0v) is 15.7. The minimum atomic E-state index is -0.110. The van der Waals surface area contributed by atoms with Crippen LogP contribution in [0.4, 0.5) is 0 Å². The third-order valence-electron chi connectivity index (χ3n) is 4.50. The molecule has 0 amide bonds. The summed E-state index contributed by atoms with van der Waals surface area (Å²) < 4.78 is 10.2.